The summed E-state index contributed by atoms with van der Waals surface area (Å²) in [6, 6.07) is 23.7. The van der Waals surface area contributed by atoms with Gasteiger partial charge in [0.15, 0.2) is 0 Å². The number of carbonyl (C=O) groups is 1. The topological polar surface area (TPSA) is 71.8 Å². The predicted octanol–water partition coefficient (Wildman–Crippen LogP) is 5.34. The molecule has 0 aliphatic carbocycles. The molecule has 0 saturated carbocycles. The Bertz CT molecular complexity index is 1580. The first-order chi connectivity index (χ1) is 16.9. The number of hydrogen-bond donors (Lipinski definition) is 2. The number of H-pyrrole nitrogens is 1. The van der Waals surface area contributed by atoms with Crippen LogP contribution in [0.25, 0.3) is 27.8 Å². The van der Waals surface area contributed by atoms with Crippen LogP contribution in [0.5, 0.6) is 0 Å². The number of carbonyl (C=O) groups excluding carboxylic acids is 1. The van der Waals surface area contributed by atoms with E-state index in [-0.39, 0.29) is 29.4 Å². The Morgan fingerprint density at radius 1 is 1.00 bits per heavy atom. The van der Waals surface area contributed by atoms with Gasteiger partial charge in [0.25, 0.3) is 5.56 Å². The Kier molecular flexibility index (Phi) is 5.82. The number of amides is 1. The summed E-state index contributed by atoms with van der Waals surface area (Å²) in [7, 11) is 1.78. The molecular formula is C28H25FN4O2. The van der Waals surface area contributed by atoms with Gasteiger partial charge in [0.05, 0.1) is 11.4 Å². The maximum Gasteiger partial charge on any atom is 0.295 e. The molecular weight excluding hydrogens is 443 g/mol. The van der Waals surface area contributed by atoms with Crippen molar-refractivity contribution < 1.29 is 9.18 Å². The Balaban J connectivity index is 1.43. The normalized spacial score (nSPS) is 11.2. The van der Waals surface area contributed by atoms with Crippen LogP contribution in [0, 0.1) is 12.7 Å². The fourth-order valence-corrected chi connectivity index (χ4v) is 4.48. The third kappa shape index (κ3) is 4.17. The maximum atomic E-state index is 14.1. The van der Waals surface area contributed by atoms with Gasteiger partial charge in [-0.05, 0) is 54.8 Å². The molecule has 176 valence electrons. The lowest BCUT2D eigenvalue weighted by atomic mass is 10.0. The molecule has 0 aliphatic rings. The number of para-hydroxylation sites is 1. The average molecular weight is 469 g/mol. The number of nitrogens with one attached hydrogen (secondary N) is 2. The van der Waals surface area contributed by atoms with E-state index in [2.05, 4.69) is 10.3 Å². The lowest BCUT2D eigenvalue weighted by molar-refractivity contribution is -0.116. The fraction of sp³-hybridized carbons (Fsp3) is 0.143. The summed E-state index contributed by atoms with van der Waals surface area (Å²) in [5.41, 5.74) is 4.85. The molecule has 5 rings (SSSR count). The quantitative estimate of drug-likeness (QED) is 0.353. The molecule has 3 aromatic carbocycles. The SMILES string of the molecule is Cc1c(NC(=O)CCc2c(-c3ccccc3)[nH]c3ccc(F)cc23)c(=O)n(-c2ccccc2)n1C. The van der Waals surface area contributed by atoms with E-state index in [1.165, 1.54) is 16.8 Å². The highest BCUT2D eigenvalue weighted by Gasteiger charge is 2.19. The molecule has 35 heavy (non-hydrogen) atoms. The second kappa shape index (κ2) is 9.10. The van der Waals surface area contributed by atoms with E-state index in [4.69, 9.17) is 0 Å². The van der Waals surface area contributed by atoms with Crippen LogP contribution in [-0.2, 0) is 18.3 Å². The molecule has 1 amide bonds. The number of aromatic nitrogens is 3. The number of aromatic amines is 1. The average Bonchev–Trinajstić information content (AvgIpc) is 3.33. The Morgan fingerprint density at radius 3 is 2.40 bits per heavy atom. The summed E-state index contributed by atoms with van der Waals surface area (Å²) in [6.07, 6.45) is 0.528. The van der Waals surface area contributed by atoms with Crippen molar-refractivity contribution >= 4 is 22.5 Å². The highest BCUT2D eigenvalue weighted by molar-refractivity contribution is 5.94. The third-order valence-electron chi connectivity index (χ3n) is 6.35. The van der Waals surface area contributed by atoms with E-state index < -0.39 is 0 Å². The van der Waals surface area contributed by atoms with Crippen LogP contribution in [0.2, 0.25) is 0 Å². The van der Waals surface area contributed by atoms with Gasteiger partial charge in [-0.2, -0.15) is 0 Å². The summed E-state index contributed by atoms with van der Waals surface area (Å²) < 4.78 is 17.3. The van der Waals surface area contributed by atoms with Gasteiger partial charge in [0.2, 0.25) is 5.91 Å². The van der Waals surface area contributed by atoms with Crippen LogP contribution in [0.3, 0.4) is 0 Å². The van der Waals surface area contributed by atoms with Crippen molar-refractivity contribution in [2.75, 3.05) is 5.32 Å². The predicted molar refractivity (Wildman–Crippen MR) is 136 cm³/mol. The molecule has 0 radical (unpaired) electrons. The minimum Gasteiger partial charge on any atom is -0.354 e. The first kappa shape index (κ1) is 22.4. The van der Waals surface area contributed by atoms with Crippen LogP contribution < -0.4 is 10.9 Å². The van der Waals surface area contributed by atoms with Gasteiger partial charge in [0.1, 0.15) is 11.5 Å². The van der Waals surface area contributed by atoms with Crippen molar-refractivity contribution in [3.63, 3.8) is 0 Å². The van der Waals surface area contributed by atoms with Crippen LogP contribution in [-0.4, -0.2) is 20.3 Å². The monoisotopic (exact) mass is 468 g/mol. The Labute approximate surface area is 201 Å². The van der Waals surface area contributed by atoms with Crippen molar-refractivity contribution in [1.82, 2.24) is 14.3 Å². The van der Waals surface area contributed by atoms with Crippen LogP contribution in [0.15, 0.2) is 83.7 Å². The van der Waals surface area contributed by atoms with E-state index >= 15 is 0 Å². The van der Waals surface area contributed by atoms with E-state index in [0.29, 0.717) is 12.1 Å². The number of halogens is 1. The van der Waals surface area contributed by atoms with Gasteiger partial charge in [-0.3, -0.25) is 14.3 Å². The third-order valence-corrected chi connectivity index (χ3v) is 6.35. The van der Waals surface area contributed by atoms with Crippen molar-refractivity contribution in [1.29, 1.82) is 0 Å². The smallest absolute Gasteiger partial charge is 0.295 e. The number of anilines is 1. The van der Waals surface area contributed by atoms with Gasteiger partial charge in [-0.25, -0.2) is 9.07 Å². The summed E-state index contributed by atoms with van der Waals surface area (Å²) in [5.74, 6) is -0.607. The second-order valence-corrected chi connectivity index (χ2v) is 8.52. The highest BCUT2D eigenvalue weighted by Crippen LogP contribution is 2.32. The van der Waals surface area contributed by atoms with Crippen LogP contribution >= 0.6 is 0 Å². The standard InChI is InChI=1S/C28H25FN4O2/c1-18-26(28(35)33(32(18)2)21-11-7-4-8-12-21)31-25(34)16-14-22-23-17-20(29)13-15-24(23)30-27(22)19-9-5-3-6-10-19/h3-13,15,17,30H,14,16H2,1-2H3,(H,31,34). The molecule has 6 nitrogen and oxygen atoms in total. The Morgan fingerprint density at radius 2 is 1.69 bits per heavy atom. The van der Waals surface area contributed by atoms with Crippen molar-refractivity contribution in [2.45, 2.75) is 19.8 Å². The number of aryl methyl sites for hydroxylation is 1. The summed E-state index contributed by atoms with van der Waals surface area (Å²) in [5, 5.41) is 3.56. The minimum absolute atomic E-state index is 0.141. The molecule has 0 bridgehead atoms. The zero-order valence-corrected chi connectivity index (χ0v) is 19.5. The Hall–Kier alpha value is -4.39. The molecule has 0 fully saturated rings. The summed E-state index contributed by atoms with van der Waals surface area (Å²) >= 11 is 0. The molecule has 0 saturated heterocycles. The summed E-state index contributed by atoms with van der Waals surface area (Å²) in [6.45, 7) is 1.80. The molecule has 2 N–H and O–H groups in total. The van der Waals surface area contributed by atoms with Crippen molar-refractivity contribution in [2.24, 2.45) is 7.05 Å². The van der Waals surface area contributed by atoms with E-state index in [1.807, 2.05) is 60.7 Å². The van der Waals surface area contributed by atoms with Gasteiger partial charge in [0, 0.05) is 30.1 Å². The largest absolute Gasteiger partial charge is 0.354 e. The number of hydrogen-bond acceptors (Lipinski definition) is 2. The van der Waals surface area contributed by atoms with Gasteiger partial charge in [-0.1, -0.05) is 48.5 Å². The van der Waals surface area contributed by atoms with E-state index in [1.54, 1.807) is 24.7 Å². The van der Waals surface area contributed by atoms with Crippen molar-refractivity contribution in [3.8, 4) is 16.9 Å². The number of rotatable bonds is 6. The van der Waals surface area contributed by atoms with Gasteiger partial charge in [-0.15, -0.1) is 0 Å². The fourth-order valence-electron chi connectivity index (χ4n) is 4.48. The van der Waals surface area contributed by atoms with Gasteiger partial charge >= 0.3 is 0 Å². The molecule has 0 atom stereocenters. The molecule has 0 spiro atoms. The van der Waals surface area contributed by atoms with Crippen LogP contribution in [0.1, 0.15) is 17.7 Å². The van der Waals surface area contributed by atoms with E-state index in [9.17, 15) is 14.0 Å². The lowest BCUT2D eigenvalue weighted by Crippen LogP contribution is -2.23. The molecule has 5 aromatic rings. The molecule has 0 aliphatic heterocycles. The van der Waals surface area contributed by atoms with E-state index in [0.717, 1.165) is 33.4 Å². The maximum absolute atomic E-state index is 14.1. The summed E-state index contributed by atoms with van der Waals surface area (Å²) in [4.78, 5) is 29.5. The highest BCUT2D eigenvalue weighted by atomic mass is 19.1. The second-order valence-electron chi connectivity index (χ2n) is 8.52. The zero-order valence-electron chi connectivity index (χ0n) is 19.5. The number of benzene rings is 3. The minimum atomic E-state index is -0.330. The number of fused-ring (bicyclic) bond motifs is 1. The molecule has 7 heteroatoms. The molecule has 2 aromatic heterocycles. The van der Waals surface area contributed by atoms with Gasteiger partial charge < -0.3 is 10.3 Å². The zero-order chi connectivity index (χ0) is 24.5. The first-order valence-corrected chi connectivity index (χ1v) is 11.4. The van der Waals surface area contributed by atoms with Crippen molar-refractivity contribution in [3.05, 3.63) is 106 Å². The first-order valence-electron chi connectivity index (χ1n) is 11.4. The molecule has 0 unspecified atom stereocenters. The number of nitrogens with zero attached hydrogens (tertiary/aromatic N) is 2. The molecule has 2 heterocycles. The van der Waals surface area contributed by atoms with Crippen LogP contribution in [0.4, 0.5) is 10.1 Å². The lowest BCUT2D eigenvalue weighted by Gasteiger charge is -2.07.